The highest BCUT2D eigenvalue weighted by Gasteiger charge is 2.11. The van der Waals surface area contributed by atoms with Crippen molar-refractivity contribution in [2.24, 2.45) is 0 Å². The van der Waals surface area contributed by atoms with Crippen molar-refractivity contribution in [1.82, 2.24) is 10.6 Å². The molecule has 5 nitrogen and oxygen atoms in total. The highest BCUT2D eigenvalue weighted by Crippen LogP contribution is 2.17. The van der Waals surface area contributed by atoms with E-state index >= 15 is 0 Å². The van der Waals surface area contributed by atoms with Crippen LogP contribution in [0.15, 0.2) is 42.5 Å². The first-order valence-corrected chi connectivity index (χ1v) is 8.00. The summed E-state index contributed by atoms with van der Waals surface area (Å²) in [5, 5.41) is 5.37. The number of amides is 2. The molecule has 0 heterocycles. The van der Waals surface area contributed by atoms with Crippen LogP contribution in [0.4, 0.5) is 4.39 Å². The van der Waals surface area contributed by atoms with Crippen molar-refractivity contribution in [3.8, 4) is 5.75 Å². The Morgan fingerprint density at radius 2 is 1.96 bits per heavy atom. The van der Waals surface area contributed by atoms with Gasteiger partial charge in [-0.25, -0.2) is 4.39 Å². The van der Waals surface area contributed by atoms with Gasteiger partial charge in [0.1, 0.15) is 11.6 Å². The lowest BCUT2D eigenvalue weighted by molar-refractivity contribution is -0.121. The van der Waals surface area contributed by atoms with Gasteiger partial charge in [-0.1, -0.05) is 23.7 Å². The molecule has 0 aromatic heterocycles. The molecule has 132 valence electrons. The third-order valence-electron chi connectivity index (χ3n) is 3.44. The SMILES string of the molecule is COc1cccc(CNC(=O)CCNC(=O)c2ccc(F)cc2Cl)c1. The first kappa shape index (κ1) is 18.7. The molecular weight excluding hydrogens is 347 g/mol. The van der Waals surface area contributed by atoms with Crippen molar-refractivity contribution in [1.29, 1.82) is 0 Å². The summed E-state index contributed by atoms with van der Waals surface area (Å²) in [5.41, 5.74) is 1.08. The van der Waals surface area contributed by atoms with E-state index in [0.717, 1.165) is 23.4 Å². The number of rotatable bonds is 7. The summed E-state index contributed by atoms with van der Waals surface area (Å²) in [6.07, 6.45) is 0.120. The zero-order valence-electron chi connectivity index (χ0n) is 13.6. The van der Waals surface area contributed by atoms with E-state index in [1.807, 2.05) is 24.3 Å². The molecule has 0 bridgehead atoms. The van der Waals surface area contributed by atoms with Crippen LogP contribution in [-0.4, -0.2) is 25.5 Å². The van der Waals surface area contributed by atoms with Gasteiger partial charge in [0, 0.05) is 19.5 Å². The Morgan fingerprint density at radius 3 is 2.68 bits per heavy atom. The summed E-state index contributed by atoms with van der Waals surface area (Å²) in [6.45, 7) is 0.518. The molecule has 0 aliphatic heterocycles. The molecule has 0 spiro atoms. The number of benzene rings is 2. The molecule has 0 atom stereocenters. The summed E-state index contributed by atoms with van der Waals surface area (Å²) >= 11 is 5.82. The van der Waals surface area contributed by atoms with Gasteiger partial charge >= 0.3 is 0 Å². The summed E-state index contributed by atoms with van der Waals surface area (Å²) < 4.78 is 18.1. The maximum absolute atomic E-state index is 13.0. The van der Waals surface area contributed by atoms with Crippen molar-refractivity contribution in [3.63, 3.8) is 0 Å². The van der Waals surface area contributed by atoms with Gasteiger partial charge in [-0.3, -0.25) is 9.59 Å². The van der Waals surface area contributed by atoms with E-state index in [-0.39, 0.29) is 29.5 Å². The standard InChI is InChI=1S/C18H18ClFN2O3/c1-25-14-4-2-3-12(9-14)11-22-17(23)7-8-21-18(24)15-6-5-13(20)10-16(15)19/h2-6,9-10H,7-8,11H2,1H3,(H,21,24)(H,22,23). The molecule has 2 aromatic carbocycles. The smallest absolute Gasteiger partial charge is 0.252 e. The average molecular weight is 365 g/mol. The number of hydrogen-bond acceptors (Lipinski definition) is 3. The van der Waals surface area contributed by atoms with Gasteiger partial charge in [0.25, 0.3) is 5.91 Å². The van der Waals surface area contributed by atoms with Crippen molar-refractivity contribution in [2.75, 3.05) is 13.7 Å². The van der Waals surface area contributed by atoms with Crippen LogP contribution in [-0.2, 0) is 11.3 Å². The first-order chi connectivity index (χ1) is 12.0. The van der Waals surface area contributed by atoms with Crippen LogP contribution in [0.25, 0.3) is 0 Å². The molecule has 2 rings (SSSR count). The predicted molar refractivity (Wildman–Crippen MR) is 93.2 cm³/mol. The molecular formula is C18H18ClFN2O3. The second kappa shape index (κ2) is 9.03. The largest absolute Gasteiger partial charge is 0.497 e. The topological polar surface area (TPSA) is 67.4 Å². The van der Waals surface area contributed by atoms with Crippen molar-refractivity contribution < 1.29 is 18.7 Å². The molecule has 2 N–H and O–H groups in total. The molecule has 0 saturated carbocycles. The fourth-order valence-electron chi connectivity index (χ4n) is 2.13. The summed E-state index contributed by atoms with van der Waals surface area (Å²) in [6, 6.07) is 10.9. The van der Waals surface area contributed by atoms with E-state index in [1.165, 1.54) is 6.07 Å². The third kappa shape index (κ3) is 5.76. The number of carbonyl (C=O) groups is 2. The second-order valence-corrected chi connectivity index (χ2v) is 5.67. The van der Waals surface area contributed by atoms with Crippen molar-refractivity contribution >= 4 is 23.4 Å². The number of ether oxygens (including phenoxy) is 1. The molecule has 0 aliphatic carbocycles. The highest BCUT2D eigenvalue weighted by molar-refractivity contribution is 6.33. The quantitative estimate of drug-likeness (QED) is 0.793. The normalized spacial score (nSPS) is 10.2. The molecule has 0 saturated heterocycles. The van der Waals surface area contributed by atoms with Crippen LogP contribution in [0, 0.1) is 5.82 Å². The number of carbonyl (C=O) groups excluding carboxylic acids is 2. The Morgan fingerprint density at radius 1 is 1.16 bits per heavy atom. The van der Waals surface area contributed by atoms with Gasteiger partial charge in [-0.15, -0.1) is 0 Å². The van der Waals surface area contributed by atoms with Gasteiger partial charge in [-0.05, 0) is 35.9 Å². The minimum absolute atomic E-state index is 0.0278. The summed E-state index contributed by atoms with van der Waals surface area (Å²) in [7, 11) is 1.58. The molecule has 0 unspecified atom stereocenters. The fourth-order valence-corrected chi connectivity index (χ4v) is 2.38. The number of halogens is 2. The Hall–Kier alpha value is -2.60. The predicted octanol–water partition coefficient (Wildman–Crippen LogP) is 2.92. The number of nitrogens with one attached hydrogen (secondary N) is 2. The molecule has 2 amide bonds. The van der Waals surface area contributed by atoms with E-state index in [0.29, 0.717) is 6.54 Å². The Kier molecular flexibility index (Phi) is 6.77. The third-order valence-corrected chi connectivity index (χ3v) is 3.75. The molecule has 0 aliphatic rings. The zero-order valence-corrected chi connectivity index (χ0v) is 14.4. The second-order valence-electron chi connectivity index (χ2n) is 5.26. The summed E-state index contributed by atoms with van der Waals surface area (Å²) in [4.78, 5) is 23.8. The van der Waals surface area contributed by atoms with Gasteiger partial charge in [0.2, 0.25) is 5.91 Å². The van der Waals surface area contributed by atoms with E-state index < -0.39 is 11.7 Å². The Labute approximate surface area is 150 Å². The Balaban J connectivity index is 1.75. The maximum atomic E-state index is 13.0. The van der Waals surface area contributed by atoms with Crippen LogP contribution in [0.2, 0.25) is 5.02 Å². The van der Waals surface area contributed by atoms with Crippen LogP contribution in [0.5, 0.6) is 5.75 Å². The van der Waals surface area contributed by atoms with Crippen LogP contribution in [0.1, 0.15) is 22.3 Å². The molecule has 0 fully saturated rings. The lowest BCUT2D eigenvalue weighted by Crippen LogP contribution is -2.30. The number of hydrogen-bond donors (Lipinski definition) is 2. The van der Waals surface area contributed by atoms with E-state index in [1.54, 1.807) is 7.11 Å². The van der Waals surface area contributed by atoms with Crippen LogP contribution < -0.4 is 15.4 Å². The monoisotopic (exact) mass is 364 g/mol. The zero-order chi connectivity index (χ0) is 18.2. The molecule has 7 heteroatoms. The first-order valence-electron chi connectivity index (χ1n) is 7.62. The van der Waals surface area contributed by atoms with Gasteiger partial charge < -0.3 is 15.4 Å². The molecule has 2 aromatic rings. The maximum Gasteiger partial charge on any atom is 0.252 e. The molecule has 25 heavy (non-hydrogen) atoms. The van der Waals surface area contributed by atoms with E-state index in [2.05, 4.69) is 10.6 Å². The van der Waals surface area contributed by atoms with E-state index in [9.17, 15) is 14.0 Å². The fraction of sp³-hybridized carbons (Fsp3) is 0.222. The summed E-state index contributed by atoms with van der Waals surface area (Å²) in [5.74, 6) is -0.451. The van der Waals surface area contributed by atoms with Gasteiger partial charge in [0.15, 0.2) is 0 Å². The van der Waals surface area contributed by atoms with Crippen molar-refractivity contribution in [2.45, 2.75) is 13.0 Å². The van der Waals surface area contributed by atoms with Crippen LogP contribution >= 0.6 is 11.6 Å². The lowest BCUT2D eigenvalue weighted by Gasteiger charge is -2.08. The van der Waals surface area contributed by atoms with Crippen molar-refractivity contribution in [3.05, 3.63) is 64.4 Å². The van der Waals surface area contributed by atoms with Gasteiger partial charge in [-0.2, -0.15) is 0 Å². The van der Waals surface area contributed by atoms with Gasteiger partial charge in [0.05, 0.1) is 17.7 Å². The molecule has 0 radical (unpaired) electrons. The highest BCUT2D eigenvalue weighted by atomic mass is 35.5. The minimum Gasteiger partial charge on any atom is -0.497 e. The number of methoxy groups -OCH3 is 1. The average Bonchev–Trinajstić information content (AvgIpc) is 2.60. The Bertz CT molecular complexity index is 768. The van der Waals surface area contributed by atoms with Crippen LogP contribution in [0.3, 0.4) is 0 Å². The minimum atomic E-state index is -0.515. The lowest BCUT2D eigenvalue weighted by atomic mass is 10.2. The van der Waals surface area contributed by atoms with E-state index in [4.69, 9.17) is 16.3 Å².